The number of nitrogens with zero attached hydrogens (tertiary/aromatic N) is 1. The number of hydrogen-bond donors (Lipinski definition) is 2. The Hall–Kier alpha value is -1.72. The van der Waals surface area contributed by atoms with Crippen LogP contribution in [0.1, 0.15) is 11.9 Å². The number of rotatable bonds is 5. The zero-order valence-corrected chi connectivity index (χ0v) is 10.8. The average molecular weight is 262 g/mol. The molecule has 0 aliphatic rings. The summed E-state index contributed by atoms with van der Waals surface area (Å²) in [6, 6.07) is 9.36. The molecule has 18 heavy (non-hydrogen) atoms. The SMILES string of the molecule is C[C@H](NCc1nc(-c2ccccc2)cs1)C(=O)O. The van der Waals surface area contributed by atoms with E-state index in [-0.39, 0.29) is 0 Å². The van der Waals surface area contributed by atoms with Crippen molar-refractivity contribution >= 4 is 17.3 Å². The molecular formula is C13H14N2O2S. The summed E-state index contributed by atoms with van der Waals surface area (Å²) in [6.07, 6.45) is 0. The van der Waals surface area contributed by atoms with Crippen LogP contribution in [0.5, 0.6) is 0 Å². The Balaban J connectivity index is 2.01. The molecule has 0 bridgehead atoms. The molecule has 2 N–H and O–H groups in total. The van der Waals surface area contributed by atoms with E-state index in [1.54, 1.807) is 6.92 Å². The summed E-state index contributed by atoms with van der Waals surface area (Å²) in [5.74, 6) is -0.852. The van der Waals surface area contributed by atoms with Gasteiger partial charge < -0.3 is 5.11 Å². The van der Waals surface area contributed by atoms with E-state index in [0.29, 0.717) is 6.54 Å². The van der Waals surface area contributed by atoms with Gasteiger partial charge in [-0.1, -0.05) is 30.3 Å². The first-order valence-corrected chi connectivity index (χ1v) is 6.51. The summed E-state index contributed by atoms with van der Waals surface area (Å²) < 4.78 is 0. The number of nitrogens with one attached hydrogen (secondary N) is 1. The van der Waals surface area contributed by atoms with Crippen molar-refractivity contribution in [3.63, 3.8) is 0 Å². The van der Waals surface area contributed by atoms with Crippen molar-refractivity contribution in [2.75, 3.05) is 0 Å². The zero-order chi connectivity index (χ0) is 13.0. The molecule has 0 aliphatic heterocycles. The first kappa shape index (κ1) is 12.7. The van der Waals surface area contributed by atoms with Crippen LogP contribution in [0.2, 0.25) is 0 Å². The molecule has 0 radical (unpaired) electrons. The van der Waals surface area contributed by atoms with E-state index in [1.807, 2.05) is 35.7 Å². The predicted octanol–water partition coefficient (Wildman–Crippen LogP) is 2.37. The van der Waals surface area contributed by atoms with Gasteiger partial charge in [-0.15, -0.1) is 11.3 Å². The Bertz CT molecular complexity index is 525. The molecule has 1 aromatic carbocycles. The second kappa shape index (κ2) is 5.75. The Morgan fingerprint density at radius 3 is 2.83 bits per heavy atom. The van der Waals surface area contributed by atoms with Crippen LogP contribution < -0.4 is 5.32 Å². The predicted molar refractivity (Wildman–Crippen MR) is 71.5 cm³/mol. The second-order valence-electron chi connectivity index (χ2n) is 3.93. The number of aromatic nitrogens is 1. The Morgan fingerprint density at radius 2 is 2.17 bits per heavy atom. The first-order valence-electron chi connectivity index (χ1n) is 5.63. The van der Waals surface area contributed by atoms with Gasteiger partial charge in [0.25, 0.3) is 0 Å². The minimum atomic E-state index is -0.852. The van der Waals surface area contributed by atoms with Gasteiger partial charge in [-0.05, 0) is 6.92 Å². The molecule has 94 valence electrons. The summed E-state index contributed by atoms with van der Waals surface area (Å²) in [7, 11) is 0. The van der Waals surface area contributed by atoms with Crippen molar-refractivity contribution in [3.8, 4) is 11.3 Å². The average Bonchev–Trinajstić information content (AvgIpc) is 2.85. The Labute approximate surface area is 109 Å². The lowest BCUT2D eigenvalue weighted by atomic mass is 10.2. The maximum atomic E-state index is 10.7. The number of thiazole rings is 1. The van der Waals surface area contributed by atoms with Gasteiger partial charge in [-0.3, -0.25) is 10.1 Å². The Kier molecular flexibility index (Phi) is 4.07. The molecule has 5 heteroatoms. The number of hydrogen-bond acceptors (Lipinski definition) is 4. The van der Waals surface area contributed by atoms with Gasteiger partial charge >= 0.3 is 5.97 Å². The molecule has 2 aromatic rings. The topological polar surface area (TPSA) is 62.2 Å². The van der Waals surface area contributed by atoms with Gasteiger partial charge in [0, 0.05) is 17.5 Å². The smallest absolute Gasteiger partial charge is 0.320 e. The number of benzene rings is 1. The van der Waals surface area contributed by atoms with Crippen LogP contribution in [0.25, 0.3) is 11.3 Å². The number of carbonyl (C=O) groups is 1. The second-order valence-corrected chi connectivity index (χ2v) is 4.88. The van der Waals surface area contributed by atoms with Crippen LogP contribution in [0.15, 0.2) is 35.7 Å². The van der Waals surface area contributed by atoms with Crippen LogP contribution >= 0.6 is 11.3 Å². The van der Waals surface area contributed by atoms with Crippen molar-refractivity contribution in [1.29, 1.82) is 0 Å². The summed E-state index contributed by atoms with van der Waals surface area (Å²) >= 11 is 1.53. The highest BCUT2D eigenvalue weighted by Gasteiger charge is 2.11. The maximum absolute atomic E-state index is 10.7. The van der Waals surface area contributed by atoms with E-state index < -0.39 is 12.0 Å². The molecule has 0 spiro atoms. The number of carboxylic acids is 1. The van der Waals surface area contributed by atoms with E-state index in [2.05, 4.69) is 10.3 Å². The molecule has 0 amide bonds. The van der Waals surface area contributed by atoms with Crippen molar-refractivity contribution < 1.29 is 9.90 Å². The molecule has 1 atom stereocenters. The van der Waals surface area contributed by atoms with E-state index in [1.165, 1.54) is 11.3 Å². The largest absolute Gasteiger partial charge is 0.480 e. The highest BCUT2D eigenvalue weighted by molar-refractivity contribution is 7.09. The van der Waals surface area contributed by atoms with Gasteiger partial charge in [0.05, 0.1) is 5.69 Å². The molecule has 1 aromatic heterocycles. The third-order valence-corrected chi connectivity index (χ3v) is 3.40. The fourth-order valence-electron chi connectivity index (χ4n) is 1.46. The van der Waals surface area contributed by atoms with E-state index in [0.717, 1.165) is 16.3 Å². The van der Waals surface area contributed by atoms with Crippen molar-refractivity contribution in [3.05, 3.63) is 40.7 Å². The summed E-state index contributed by atoms with van der Waals surface area (Å²) in [6.45, 7) is 2.10. The van der Waals surface area contributed by atoms with Crippen LogP contribution in [-0.4, -0.2) is 22.1 Å². The standard InChI is InChI=1S/C13H14N2O2S/c1-9(13(16)17)14-7-12-15-11(8-18-12)10-5-3-2-4-6-10/h2-6,8-9,14H,7H2,1H3,(H,16,17)/t9-/m0/s1. The third kappa shape index (κ3) is 3.15. The van der Waals surface area contributed by atoms with Crippen molar-refractivity contribution in [2.45, 2.75) is 19.5 Å². The third-order valence-electron chi connectivity index (χ3n) is 2.55. The molecule has 0 aliphatic carbocycles. The lowest BCUT2D eigenvalue weighted by Gasteiger charge is -2.06. The van der Waals surface area contributed by atoms with Crippen molar-refractivity contribution in [1.82, 2.24) is 10.3 Å². The molecule has 2 rings (SSSR count). The van der Waals surface area contributed by atoms with E-state index in [9.17, 15) is 4.79 Å². The summed E-state index contributed by atoms with van der Waals surface area (Å²) in [4.78, 5) is 15.1. The van der Waals surface area contributed by atoms with Crippen LogP contribution in [0, 0.1) is 0 Å². The van der Waals surface area contributed by atoms with Gasteiger partial charge in [0.15, 0.2) is 0 Å². The summed E-state index contributed by atoms with van der Waals surface area (Å²) in [5, 5.41) is 14.5. The molecule has 0 saturated carbocycles. The fourth-order valence-corrected chi connectivity index (χ4v) is 2.22. The van der Waals surface area contributed by atoms with Gasteiger partial charge in [-0.25, -0.2) is 4.98 Å². The lowest BCUT2D eigenvalue weighted by molar-refractivity contribution is -0.139. The van der Waals surface area contributed by atoms with Gasteiger partial charge in [0.2, 0.25) is 0 Å². The van der Waals surface area contributed by atoms with Gasteiger partial charge in [-0.2, -0.15) is 0 Å². The minimum Gasteiger partial charge on any atom is -0.480 e. The monoisotopic (exact) mass is 262 g/mol. The number of aliphatic carboxylic acids is 1. The molecule has 4 nitrogen and oxygen atoms in total. The highest BCUT2D eigenvalue weighted by atomic mass is 32.1. The van der Waals surface area contributed by atoms with Crippen molar-refractivity contribution in [2.24, 2.45) is 0 Å². The molecule has 0 unspecified atom stereocenters. The summed E-state index contributed by atoms with van der Waals surface area (Å²) in [5.41, 5.74) is 2.01. The van der Waals surface area contributed by atoms with E-state index in [4.69, 9.17) is 5.11 Å². The quantitative estimate of drug-likeness (QED) is 0.868. The van der Waals surface area contributed by atoms with Crippen LogP contribution in [0.4, 0.5) is 0 Å². The molecule has 1 heterocycles. The van der Waals surface area contributed by atoms with Crippen LogP contribution in [0.3, 0.4) is 0 Å². The maximum Gasteiger partial charge on any atom is 0.320 e. The molecular weight excluding hydrogens is 248 g/mol. The Morgan fingerprint density at radius 1 is 1.44 bits per heavy atom. The lowest BCUT2D eigenvalue weighted by Crippen LogP contribution is -2.33. The zero-order valence-electron chi connectivity index (χ0n) is 9.96. The highest BCUT2D eigenvalue weighted by Crippen LogP contribution is 2.21. The molecule has 0 saturated heterocycles. The fraction of sp³-hybridized carbons (Fsp3) is 0.231. The minimum absolute atomic E-state index is 0.477. The van der Waals surface area contributed by atoms with Gasteiger partial charge in [0.1, 0.15) is 11.0 Å². The first-order chi connectivity index (χ1) is 8.66. The van der Waals surface area contributed by atoms with Crippen LogP contribution in [-0.2, 0) is 11.3 Å². The number of carboxylic acid groups (broad SMARTS) is 1. The normalized spacial score (nSPS) is 12.3. The van der Waals surface area contributed by atoms with E-state index >= 15 is 0 Å². The molecule has 0 fully saturated rings.